The van der Waals surface area contributed by atoms with Gasteiger partial charge in [-0.2, -0.15) is 5.26 Å². The van der Waals surface area contributed by atoms with Crippen LogP contribution in [-0.4, -0.2) is 32.5 Å². The van der Waals surface area contributed by atoms with Crippen molar-refractivity contribution in [1.29, 1.82) is 5.26 Å². The molecule has 5 rings (SSSR count). The van der Waals surface area contributed by atoms with Crippen LogP contribution in [0, 0.1) is 11.3 Å². The third-order valence-electron chi connectivity index (χ3n) is 5.90. The number of rotatable bonds is 7. The SMILES string of the molecule is N#Cc1ccc(C(=O)Nc2cccc3[nH]c(-c4c(NC[C@H](O)c5ccccc5)cc[nH]c4=O)nc23)cc1. The molecule has 0 aliphatic rings. The van der Waals surface area contributed by atoms with Crippen molar-refractivity contribution in [3.63, 3.8) is 0 Å². The van der Waals surface area contributed by atoms with E-state index in [0.717, 1.165) is 5.56 Å². The molecule has 0 unspecified atom stereocenters. The number of nitrogens with one attached hydrogen (secondary N) is 4. The van der Waals surface area contributed by atoms with Gasteiger partial charge in [-0.05, 0) is 48.0 Å². The van der Waals surface area contributed by atoms with Gasteiger partial charge < -0.3 is 25.7 Å². The summed E-state index contributed by atoms with van der Waals surface area (Å²) in [5.74, 6) is -0.0371. The Balaban J connectivity index is 1.43. The highest BCUT2D eigenvalue weighted by molar-refractivity contribution is 6.08. The molecule has 1 atom stereocenters. The van der Waals surface area contributed by atoms with Crippen molar-refractivity contribution >= 4 is 28.3 Å². The van der Waals surface area contributed by atoms with Crippen molar-refractivity contribution in [2.75, 3.05) is 17.2 Å². The topological polar surface area (TPSA) is 147 Å². The van der Waals surface area contributed by atoms with Gasteiger partial charge in [0.15, 0.2) is 0 Å². The maximum Gasteiger partial charge on any atom is 0.261 e. The monoisotopic (exact) mass is 490 g/mol. The van der Waals surface area contributed by atoms with Crippen LogP contribution < -0.4 is 16.2 Å². The average molecular weight is 491 g/mol. The van der Waals surface area contributed by atoms with Crippen LogP contribution in [0.15, 0.2) is 89.9 Å². The number of fused-ring (bicyclic) bond motifs is 1. The van der Waals surface area contributed by atoms with Crippen LogP contribution in [0.4, 0.5) is 11.4 Å². The Morgan fingerprint density at radius 2 is 1.78 bits per heavy atom. The number of aliphatic hydroxyl groups excluding tert-OH is 1. The van der Waals surface area contributed by atoms with Crippen molar-refractivity contribution in [3.05, 3.63) is 112 Å². The van der Waals surface area contributed by atoms with Gasteiger partial charge in [0.05, 0.1) is 34.6 Å². The third-order valence-corrected chi connectivity index (χ3v) is 5.90. The number of aromatic amines is 2. The molecule has 0 saturated carbocycles. The van der Waals surface area contributed by atoms with Crippen molar-refractivity contribution < 1.29 is 9.90 Å². The Morgan fingerprint density at radius 1 is 1.00 bits per heavy atom. The fourth-order valence-electron chi connectivity index (χ4n) is 4.00. The Morgan fingerprint density at radius 3 is 2.54 bits per heavy atom. The van der Waals surface area contributed by atoms with Crippen LogP contribution >= 0.6 is 0 Å². The van der Waals surface area contributed by atoms with Crippen molar-refractivity contribution in [2.45, 2.75) is 6.10 Å². The number of pyridine rings is 1. The summed E-state index contributed by atoms with van der Waals surface area (Å²) in [6.45, 7) is 0.187. The number of carbonyl (C=O) groups excluding carboxylic acids is 1. The van der Waals surface area contributed by atoms with Gasteiger partial charge in [-0.1, -0.05) is 36.4 Å². The highest BCUT2D eigenvalue weighted by Gasteiger charge is 2.18. The minimum atomic E-state index is -0.770. The number of hydrogen-bond donors (Lipinski definition) is 5. The van der Waals surface area contributed by atoms with Gasteiger partial charge in [0.2, 0.25) is 0 Å². The van der Waals surface area contributed by atoms with Crippen LogP contribution in [0.1, 0.15) is 27.6 Å². The molecule has 0 radical (unpaired) electrons. The molecule has 182 valence electrons. The Hall–Kier alpha value is -5.20. The Labute approximate surface area is 211 Å². The number of amides is 1. The first-order valence-electron chi connectivity index (χ1n) is 11.5. The molecular formula is C28H22N6O3. The molecule has 9 nitrogen and oxygen atoms in total. The van der Waals surface area contributed by atoms with E-state index in [9.17, 15) is 14.7 Å². The number of aromatic nitrogens is 3. The zero-order chi connectivity index (χ0) is 25.8. The first kappa shape index (κ1) is 23.5. The Bertz CT molecular complexity index is 1670. The molecule has 0 aliphatic heterocycles. The van der Waals surface area contributed by atoms with E-state index in [4.69, 9.17) is 5.26 Å². The predicted octanol–water partition coefficient (Wildman–Crippen LogP) is 4.19. The van der Waals surface area contributed by atoms with Gasteiger partial charge in [0.25, 0.3) is 11.5 Å². The summed E-state index contributed by atoms with van der Waals surface area (Å²) in [4.78, 5) is 36.1. The first-order valence-corrected chi connectivity index (χ1v) is 11.5. The van der Waals surface area contributed by atoms with E-state index in [1.54, 1.807) is 48.5 Å². The van der Waals surface area contributed by atoms with Crippen molar-refractivity contribution in [1.82, 2.24) is 15.0 Å². The maximum absolute atomic E-state index is 12.8. The van der Waals surface area contributed by atoms with Crippen molar-refractivity contribution in [2.24, 2.45) is 0 Å². The van der Waals surface area contributed by atoms with Gasteiger partial charge in [-0.15, -0.1) is 0 Å². The fourth-order valence-corrected chi connectivity index (χ4v) is 4.00. The number of hydrogen-bond acceptors (Lipinski definition) is 6. The minimum absolute atomic E-state index is 0.187. The van der Waals surface area contributed by atoms with Gasteiger partial charge in [0, 0.05) is 18.3 Å². The fraction of sp³-hybridized carbons (Fsp3) is 0.0714. The van der Waals surface area contributed by atoms with E-state index >= 15 is 0 Å². The van der Waals surface area contributed by atoms with Crippen LogP contribution in [0.25, 0.3) is 22.4 Å². The third kappa shape index (κ3) is 4.96. The standard InChI is InChI=1S/C28H22N6O3/c29-15-17-9-11-19(12-10-17)27(36)33-22-8-4-7-21-25(22)34-26(32-21)24-20(13-14-30-28(24)37)31-16-23(35)18-5-2-1-3-6-18/h1-14,23,35H,16H2,(H,32,34)(H,33,36)(H2,30,31,37)/t23-/m0/s1. The molecule has 1 amide bonds. The predicted molar refractivity (Wildman–Crippen MR) is 141 cm³/mol. The summed E-state index contributed by atoms with van der Waals surface area (Å²) in [7, 11) is 0. The van der Waals surface area contributed by atoms with Gasteiger partial charge in [0.1, 0.15) is 16.9 Å². The van der Waals surface area contributed by atoms with E-state index in [1.165, 1.54) is 6.20 Å². The molecule has 2 aromatic heterocycles. The van der Waals surface area contributed by atoms with Gasteiger partial charge >= 0.3 is 0 Å². The molecule has 9 heteroatoms. The zero-order valence-electron chi connectivity index (χ0n) is 19.5. The molecular weight excluding hydrogens is 468 g/mol. The van der Waals surface area contributed by atoms with E-state index in [1.807, 2.05) is 36.4 Å². The normalized spacial score (nSPS) is 11.6. The molecule has 0 spiro atoms. The van der Waals surface area contributed by atoms with Crippen LogP contribution in [-0.2, 0) is 0 Å². The molecule has 0 saturated heterocycles. The Kier molecular flexibility index (Phi) is 6.48. The second kappa shape index (κ2) is 10.2. The summed E-state index contributed by atoms with van der Waals surface area (Å²) in [5, 5.41) is 25.5. The summed E-state index contributed by atoms with van der Waals surface area (Å²) < 4.78 is 0. The quantitative estimate of drug-likeness (QED) is 0.231. The molecule has 0 bridgehead atoms. The van der Waals surface area contributed by atoms with E-state index < -0.39 is 6.10 Å². The molecule has 0 fully saturated rings. The number of carbonyl (C=O) groups is 1. The van der Waals surface area contributed by atoms with Gasteiger partial charge in [-0.3, -0.25) is 9.59 Å². The first-order chi connectivity index (χ1) is 18.0. The number of nitriles is 1. The second-order valence-electron chi connectivity index (χ2n) is 8.33. The summed E-state index contributed by atoms with van der Waals surface area (Å²) in [6, 6.07) is 24.6. The number of benzene rings is 3. The van der Waals surface area contributed by atoms with E-state index in [0.29, 0.717) is 39.4 Å². The summed E-state index contributed by atoms with van der Waals surface area (Å²) in [6.07, 6.45) is 0.752. The number of anilines is 2. The maximum atomic E-state index is 12.8. The molecule has 2 heterocycles. The lowest BCUT2D eigenvalue weighted by molar-refractivity contribution is 0.102. The zero-order valence-corrected chi connectivity index (χ0v) is 19.5. The number of H-pyrrole nitrogens is 2. The largest absolute Gasteiger partial charge is 0.387 e. The second-order valence-corrected chi connectivity index (χ2v) is 8.33. The highest BCUT2D eigenvalue weighted by atomic mass is 16.3. The van der Waals surface area contributed by atoms with Crippen LogP contribution in [0.5, 0.6) is 0 Å². The smallest absolute Gasteiger partial charge is 0.261 e. The number of imidazole rings is 1. The lowest BCUT2D eigenvalue weighted by atomic mass is 10.1. The molecule has 37 heavy (non-hydrogen) atoms. The van der Waals surface area contributed by atoms with Gasteiger partial charge in [-0.25, -0.2) is 4.98 Å². The minimum Gasteiger partial charge on any atom is -0.387 e. The number of para-hydroxylation sites is 1. The molecule has 5 N–H and O–H groups in total. The number of nitrogens with zero attached hydrogens (tertiary/aromatic N) is 2. The summed E-state index contributed by atoms with van der Waals surface area (Å²) >= 11 is 0. The molecule has 3 aromatic carbocycles. The highest BCUT2D eigenvalue weighted by Crippen LogP contribution is 2.28. The lowest BCUT2D eigenvalue weighted by Gasteiger charge is -2.14. The van der Waals surface area contributed by atoms with E-state index in [-0.39, 0.29) is 23.6 Å². The van der Waals surface area contributed by atoms with Crippen LogP contribution in [0.2, 0.25) is 0 Å². The lowest BCUT2D eigenvalue weighted by Crippen LogP contribution is -2.17. The average Bonchev–Trinajstić information content (AvgIpc) is 3.37. The number of aliphatic hydroxyl groups is 1. The summed E-state index contributed by atoms with van der Waals surface area (Å²) in [5.41, 5.74) is 3.62. The molecule has 0 aliphatic carbocycles. The van der Waals surface area contributed by atoms with Crippen molar-refractivity contribution in [3.8, 4) is 17.5 Å². The van der Waals surface area contributed by atoms with Crippen LogP contribution in [0.3, 0.4) is 0 Å². The van der Waals surface area contributed by atoms with E-state index in [2.05, 4.69) is 25.6 Å². The molecule has 5 aromatic rings.